The zero-order valence-corrected chi connectivity index (χ0v) is 11.6. The second kappa shape index (κ2) is 5.98. The number of nitrogens with one attached hydrogen (secondary N) is 1. The molecule has 116 valence electrons. The summed E-state index contributed by atoms with van der Waals surface area (Å²) < 4.78 is 38.5. The third kappa shape index (κ3) is 3.61. The summed E-state index contributed by atoms with van der Waals surface area (Å²) in [5, 5.41) is 13.4. The Bertz CT molecular complexity index is 571. The Hall–Kier alpha value is -2.32. The number of hydrogen-bond acceptors (Lipinski definition) is 4. The molecule has 0 saturated carbocycles. The van der Waals surface area contributed by atoms with Gasteiger partial charge in [0.1, 0.15) is 5.69 Å². The minimum atomic E-state index is -4.78. The molecule has 0 aliphatic heterocycles. The van der Waals surface area contributed by atoms with Crippen LogP contribution in [0.4, 0.5) is 24.5 Å². The van der Waals surface area contributed by atoms with E-state index >= 15 is 0 Å². The number of anilines is 1. The molecule has 6 nitrogen and oxygen atoms in total. The highest BCUT2D eigenvalue weighted by molar-refractivity contribution is 6.02. The highest BCUT2D eigenvalue weighted by atomic mass is 19.4. The van der Waals surface area contributed by atoms with Gasteiger partial charge in [0.05, 0.1) is 16.1 Å². The van der Waals surface area contributed by atoms with E-state index in [0.29, 0.717) is 12.1 Å². The smallest absolute Gasteiger partial charge is 0.371 e. The van der Waals surface area contributed by atoms with E-state index in [0.717, 1.165) is 0 Å². The normalized spacial score (nSPS) is 11.1. The van der Waals surface area contributed by atoms with Crippen LogP contribution >= 0.6 is 0 Å². The third-order valence-corrected chi connectivity index (χ3v) is 2.64. The van der Waals surface area contributed by atoms with Crippen LogP contribution in [-0.4, -0.2) is 31.5 Å². The number of amides is 1. The molecule has 0 aromatic heterocycles. The Labute approximate surface area is 118 Å². The average Bonchev–Trinajstić information content (AvgIpc) is 2.36. The first-order valence-electron chi connectivity index (χ1n) is 5.94. The SMILES string of the molecule is CCNC(=O)c1cc(C(F)(F)F)cc([N+](=O)[O-])c1N(C)C. The molecule has 0 bridgehead atoms. The second-order valence-corrected chi connectivity index (χ2v) is 4.40. The Morgan fingerprint density at radius 2 is 1.95 bits per heavy atom. The van der Waals surface area contributed by atoms with Crippen LogP contribution in [0.5, 0.6) is 0 Å². The molecule has 1 aromatic rings. The number of benzene rings is 1. The van der Waals surface area contributed by atoms with Crippen molar-refractivity contribution in [1.29, 1.82) is 0 Å². The quantitative estimate of drug-likeness (QED) is 0.685. The Balaban J connectivity index is 3.67. The molecule has 1 rings (SSSR count). The summed E-state index contributed by atoms with van der Waals surface area (Å²) in [7, 11) is 2.83. The second-order valence-electron chi connectivity index (χ2n) is 4.40. The predicted molar refractivity (Wildman–Crippen MR) is 70.4 cm³/mol. The fourth-order valence-electron chi connectivity index (χ4n) is 1.82. The van der Waals surface area contributed by atoms with E-state index in [4.69, 9.17) is 0 Å². The number of nitrogens with zero attached hydrogens (tertiary/aromatic N) is 2. The number of alkyl halides is 3. The largest absolute Gasteiger partial charge is 0.416 e. The van der Waals surface area contributed by atoms with Gasteiger partial charge in [-0.15, -0.1) is 0 Å². The summed E-state index contributed by atoms with van der Waals surface area (Å²) in [6, 6.07) is 1.05. The Morgan fingerprint density at radius 1 is 1.38 bits per heavy atom. The van der Waals surface area contributed by atoms with Crippen molar-refractivity contribution in [3.05, 3.63) is 33.4 Å². The van der Waals surface area contributed by atoms with Crippen LogP contribution in [0.3, 0.4) is 0 Å². The van der Waals surface area contributed by atoms with Crippen molar-refractivity contribution in [2.45, 2.75) is 13.1 Å². The molecule has 1 amide bonds. The van der Waals surface area contributed by atoms with E-state index in [1.807, 2.05) is 0 Å². The summed E-state index contributed by atoms with van der Waals surface area (Å²) in [4.78, 5) is 23.2. The van der Waals surface area contributed by atoms with Crippen molar-refractivity contribution in [3.63, 3.8) is 0 Å². The summed E-state index contributed by atoms with van der Waals surface area (Å²) in [5.74, 6) is -0.796. The van der Waals surface area contributed by atoms with Gasteiger partial charge in [-0.3, -0.25) is 14.9 Å². The van der Waals surface area contributed by atoms with Gasteiger partial charge in [-0.1, -0.05) is 0 Å². The van der Waals surface area contributed by atoms with Gasteiger partial charge in [0.25, 0.3) is 11.6 Å². The monoisotopic (exact) mass is 305 g/mol. The maximum absolute atomic E-state index is 12.8. The number of carbonyl (C=O) groups excluding carboxylic acids is 1. The molecule has 9 heteroatoms. The molecule has 1 N–H and O–H groups in total. The number of hydrogen-bond donors (Lipinski definition) is 1. The molecule has 0 spiro atoms. The number of halogens is 3. The van der Waals surface area contributed by atoms with Gasteiger partial charge >= 0.3 is 6.18 Å². The van der Waals surface area contributed by atoms with Gasteiger partial charge in [-0.05, 0) is 13.0 Å². The predicted octanol–water partition coefficient (Wildman–Crippen LogP) is 2.43. The van der Waals surface area contributed by atoms with Gasteiger partial charge < -0.3 is 10.2 Å². The van der Waals surface area contributed by atoms with Crippen molar-refractivity contribution >= 4 is 17.3 Å². The molecule has 0 fully saturated rings. The van der Waals surface area contributed by atoms with Crippen molar-refractivity contribution < 1.29 is 22.9 Å². The molecule has 0 saturated heterocycles. The third-order valence-electron chi connectivity index (χ3n) is 2.64. The first-order chi connectivity index (χ1) is 9.59. The van der Waals surface area contributed by atoms with E-state index in [-0.39, 0.29) is 17.8 Å². The zero-order chi connectivity index (χ0) is 16.4. The van der Waals surface area contributed by atoms with Crippen LogP contribution in [0.25, 0.3) is 0 Å². The molecular weight excluding hydrogens is 291 g/mol. The van der Waals surface area contributed by atoms with Crippen LogP contribution in [0, 0.1) is 10.1 Å². The van der Waals surface area contributed by atoms with Gasteiger partial charge in [0, 0.05) is 26.7 Å². The number of rotatable bonds is 4. The molecule has 0 atom stereocenters. The van der Waals surface area contributed by atoms with E-state index in [1.54, 1.807) is 6.92 Å². The molecule has 0 aliphatic carbocycles. The lowest BCUT2D eigenvalue weighted by Crippen LogP contribution is -2.26. The van der Waals surface area contributed by atoms with E-state index in [2.05, 4.69) is 5.32 Å². The first kappa shape index (κ1) is 16.7. The van der Waals surface area contributed by atoms with Gasteiger partial charge in [0.15, 0.2) is 0 Å². The maximum Gasteiger partial charge on any atom is 0.416 e. The minimum absolute atomic E-state index is 0.168. The van der Waals surface area contributed by atoms with Crippen molar-refractivity contribution in [1.82, 2.24) is 5.32 Å². The minimum Gasteiger partial charge on any atom is -0.371 e. The van der Waals surface area contributed by atoms with Gasteiger partial charge in [0.2, 0.25) is 0 Å². The molecule has 0 aliphatic rings. The number of carbonyl (C=O) groups is 1. The number of nitro groups is 1. The number of nitro benzene ring substituents is 1. The molecule has 21 heavy (non-hydrogen) atoms. The maximum atomic E-state index is 12.8. The van der Waals surface area contributed by atoms with Gasteiger partial charge in [-0.2, -0.15) is 13.2 Å². The van der Waals surface area contributed by atoms with Crippen molar-refractivity contribution in [2.75, 3.05) is 25.5 Å². The standard InChI is InChI=1S/C12H14F3N3O3/c1-4-16-11(19)8-5-7(12(13,14)15)6-9(18(20)21)10(8)17(2)3/h5-6H,4H2,1-3H3,(H,16,19). The molecule has 1 aromatic carbocycles. The highest BCUT2D eigenvalue weighted by Gasteiger charge is 2.36. The topological polar surface area (TPSA) is 75.5 Å². The van der Waals surface area contributed by atoms with Crippen molar-refractivity contribution in [3.8, 4) is 0 Å². The van der Waals surface area contributed by atoms with E-state index < -0.39 is 28.3 Å². The lowest BCUT2D eigenvalue weighted by atomic mass is 10.0. The van der Waals surface area contributed by atoms with Crippen molar-refractivity contribution in [2.24, 2.45) is 0 Å². The van der Waals surface area contributed by atoms with E-state index in [1.165, 1.54) is 19.0 Å². The molecular formula is C12H14F3N3O3. The Kier molecular flexibility index (Phi) is 4.77. The van der Waals surface area contributed by atoms with Crippen LogP contribution in [-0.2, 0) is 6.18 Å². The Morgan fingerprint density at radius 3 is 2.33 bits per heavy atom. The molecule has 0 heterocycles. The van der Waals surface area contributed by atoms with Crippen LogP contribution < -0.4 is 10.2 Å². The lowest BCUT2D eigenvalue weighted by molar-refractivity contribution is -0.384. The summed E-state index contributed by atoms with van der Waals surface area (Å²) >= 11 is 0. The molecule has 0 radical (unpaired) electrons. The van der Waals surface area contributed by atoms with Gasteiger partial charge in [-0.25, -0.2) is 0 Å². The summed E-state index contributed by atoms with van der Waals surface area (Å²) in [6.45, 7) is 1.78. The average molecular weight is 305 g/mol. The van der Waals surface area contributed by atoms with Crippen LogP contribution in [0.1, 0.15) is 22.8 Å². The van der Waals surface area contributed by atoms with Crippen LogP contribution in [0.15, 0.2) is 12.1 Å². The fraction of sp³-hybridized carbons (Fsp3) is 0.417. The highest BCUT2D eigenvalue weighted by Crippen LogP contribution is 2.38. The lowest BCUT2D eigenvalue weighted by Gasteiger charge is -2.19. The van der Waals surface area contributed by atoms with Crippen LogP contribution in [0.2, 0.25) is 0 Å². The van der Waals surface area contributed by atoms with E-state index in [9.17, 15) is 28.1 Å². The summed E-state index contributed by atoms with van der Waals surface area (Å²) in [5.41, 5.74) is -2.56. The fourth-order valence-corrected chi connectivity index (χ4v) is 1.82. The first-order valence-corrected chi connectivity index (χ1v) is 5.94. The summed E-state index contributed by atoms with van der Waals surface area (Å²) in [6.07, 6.45) is -4.78. The molecule has 0 unspecified atom stereocenters. The zero-order valence-electron chi connectivity index (χ0n) is 11.6.